The average molecular weight is 1240 g/mol. The summed E-state index contributed by atoms with van der Waals surface area (Å²) in [5.41, 5.74) is 12.8. The zero-order chi connectivity index (χ0) is 65.5. The number of amides is 9. The number of esters is 2. The Bertz CT molecular complexity index is 2940. The van der Waals surface area contributed by atoms with Crippen molar-refractivity contribution in [1.82, 2.24) is 42.5 Å². The molecule has 25 nitrogen and oxygen atoms in total. The van der Waals surface area contributed by atoms with Gasteiger partial charge in [-0.15, -0.1) is 0 Å². The summed E-state index contributed by atoms with van der Waals surface area (Å²) in [4.78, 5) is 144. The molecule has 0 aliphatic heterocycles. The van der Waals surface area contributed by atoms with Gasteiger partial charge in [0.05, 0.1) is 18.5 Å². The van der Waals surface area contributed by atoms with Gasteiger partial charge in [-0.05, 0) is 114 Å². The van der Waals surface area contributed by atoms with E-state index in [4.69, 9.17) is 25.7 Å². The number of carbonyl (C=O) groups excluding carboxylic acids is 11. The second-order valence-electron chi connectivity index (χ2n) is 23.1. The van der Waals surface area contributed by atoms with Crippen LogP contribution in [0.5, 0.6) is 5.75 Å². The molecule has 13 N–H and O–H groups in total. The van der Waals surface area contributed by atoms with Crippen LogP contribution in [0.15, 0.2) is 115 Å². The summed E-state index contributed by atoms with van der Waals surface area (Å²) < 4.78 is 16.0. The molecule has 25 heteroatoms. The van der Waals surface area contributed by atoms with Crippen molar-refractivity contribution in [2.45, 2.75) is 160 Å². The Morgan fingerprint density at radius 1 is 0.483 bits per heavy atom. The molecule has 0 spiro atoms. The number of hydrogen-bond donors (Lipinski definition) is 11. The summed E-state index contributed by atoms with van der Waals surface area (Å²) in [6, 6.07) is 26.2. The molecule has 4 aromatic carbocycles. The standard InChI is InChI=1S/C64H86N10O15/c1-63(2,3)88-54(79)38-50(61(85)71-48(57(66)81)36-41-20-10-7-11-21-41)72-58(82)46(65)26-18-34-67-51(76)28-16-17-29-52(77)68-35-19-27-47(70-60(84)49(73-62(86)89-64(4,5)6)37-42-30-32-45(75)33-31-42)59(83)69-39-55(80)87-40-53(78)74-56(43-22-12-8-13-23-43)44-24-14-9-15-25-44/h7-15,20-25,30-33,46-50,56,75H,16-19,26-29,34-40,65H2,1-6H3,(H2,66,81)(H,67,76)(H,68,77)(H,69,83)(H,70,84)(H,71,85)(H,72,82)(H,73,86)(H,74,78)/t46-,47-,48-,49-,50-/m0/s1. The number of nitrogens with one attached hydrogen (secondary N) is 8. The molecule has 482 valence electrons. The molecule has 0 saturated heterocycles. The van der Waals surface area contributed by atoms with E-state index in [0.29, 0.717) is 24.0 Å². The molecule has 0 aliphatic carbocycles. The van der Waals surface area contributed by atoms with Crippen molar-refractivity contribution < 1.29 is 72.1 Å². The van der Waals surface area contributed by atoms with Crippen LogP contribution in [-0.4, -0.2) is 138 Å². The van der Waals surface area contributed by atoms with Crippen LogP contribution in [0, 0.1) is 0 Å². The van der Waals surface area contributed by atoms with Gasteiger partial charge in [-0.1, -0.05) is 103 Å². The average Bonchev–Trinajstić information content (AvgIpc) is 3.68. The van der Waals surface area contributed by atoms with Crippen molar-refractivity contribution in [3.63, 3.8) is 0 Å². The number of primary amides is 1. The van der Waals surface area contributed by atoms with Crippen molar-refractivity contribution in [1.29, 1.82) is 0 Å². The van der Waals surface area contributed by atoms with Gasteiger partial charge in [-0.2, -0.15) is 0 Å². The first kappa shape index (κ1) is 72.1. The van der Waals surface area contributed by atoms with E-state index in [1.165, 1.54) is 12.1 Å². The van der Waals surface area contributed by atoms with E-state index in [0.717, 1.165) is 11.1 Å². The van der Waals surface area contributed by atoms with Gasteiger partial charge in [-0.25, -0.2) is 4.79 Å². The predicted molar refractivity (Wildman–Crippen MR) is 328 cm³/mol. The molecule has 5 atom stereocenters. The van der Waals surface area contributed by atoms with Gasteiger partial charge in [-0.3, -0.25) is 47.9 Å². The number of ether oxygens (including phenoxy) is 3. The molecule has 0 unspecified atom stereocenters. The van der Waals surface area contributed by atoms with E-state index in [1.54, 1.807) is 84.0 Å². The maximum Gasteiger partial charge on any atom is 0.408 e. The Morgan fingerprint density at radius 3 is 1.51 bits per heavy atom. The molecule has 0 saturated carbocycles. The number of unbranched alkanes of at least 4 members (excludes halogenated alkanes) is 1. The molecule has 0 fully saturated rings. The Hall–Kier alpha value is -9.39. The predicted octanol–water partition coefficient (Wildman–Crippen LogP) is 2.99. The Labute approximate surface area is 518 Å². The van der Waals surface area contributed by atoms with E-state index in [2.05, 4.69) is 42.5 Å². The molecule has 0 bridgehead atoms. The highest BCUT2D eigenvalue weighted by Gasteiger charge is 2.33. The molecular formula is C64H86N10O15. The zero-order valence-corrected chi connectivity index (χ0v) is 51.4. The van der Waals surface area contributed by atoms with Gasteiger partial charge in [0, 0.05) is 38.8 Å². The molecule has 0 aliphatic rings. The SMILES string of the molecule is CC(C)(C)OC(=O)C[C@H](NC(=O)[C@@H](N)CCCNC(=O)CCCCC(=O)NCCC[C@H](NC(=O)[C@H](Cc1ccc(O)cc1)NC(=O)OC(C)(C)C)C(=O)NCC(=O)OCC(=O)NC(c1ccccc1)c1ccccc1)C(=O)N[C@@H](Cc1ccccc1)C(N)=O. The summed E-state index contributed by atoms with van der Waals surface area (Å²) in [7, 11) is 0. The minimum atomic E-state index is -1.46. The molecule has 0 aromatic heterocycles. The fraction of sp³-hybridized carbons (Fsp3) is 0.453. The first-order valence-electron chi connectivity index (χ1n) is 29.5. The number of phenols is 1. The minimum Gasteiger partial charge on any atom is -0.508 e. The van der Waals surface area contributed by atoms with Gasteiger partial charge in [0.2, 0.25) is 41.4 Å². The Kier molecular flexibility index (Phi) is 29.7. The van der Waals surface area contributed by atoms with E-state index < -0.39 is 121 Å². The summed E-state index contributed by atoms with van der Waals surface area (Å²) in [6.07, 6.45) is -0.273. The van der Waals surface area contributed by atoms with E-state index in [-0.39, 0.29) is 82.0 Å². The largest absolute Gasteiger partial charge is 0.508 e. The van der Waals surface area contributed by atoms with E-state index >= 15 is 0 Å². The lowest BCUT2D eigenvalue weighted by molar-refractivity contribution is -0.156. The maximum absolute atomic E-state index is 14.0. The zero-order valence-electron chi connectivity index (χ0n) is 51.4. The molecule has 4 aromatic rings. The number of aromatic hydroxyl groups is 1. The summed E-state index contributed by atoms with van der Waals surface area (Å²) in [6.45, 7) is 8.69. The summed E-state index contributed by atoms with van der Waals surface area (Å²) in [5, 5.41) is 30.9. The number of hydrogen-bond acceptors (Lipinski definition) is 16. The molecule has 0 radical (unpaired) electrons. The fourth-order valence-corrected chi connectivity index (χ4v) is 8.75. The Morgan fingerprint density at radius 2 is 0.966 bits per heavy atom. The summed E-state index contributed by atoms with van der Waals surface area (Å²) >= 11 is 0. The first-order chi connectivity index (χ1) is 42.1. The normalized spacial score (nSPS) is 12.9. The van der Waals surface area contributed by atoms with E-state index in [1.807, 2.05) is 60.7 Å². The van der Waals surface area contributed by atoms with Gasteiger partial charge in [0.1, 0.15) is 47.7 Å². The smallest absolute Gasteiger partial charge is 0.408 e. The number of benzene rings is 4. The molecule has 4 rings (SSSR count). The van der Waals surface area contributed by atoms with Crippen LogP contribution in [0.25, 0.3) is 0 Å². The quantitative estimate of drug-likeness (QED) is 0.0179. The minimum absolute atomic E-state index is 0.0292. The van der Waals surface area contributed by atoms with Crippen molar-refractivity contribution >= 4 is 65.3 Å². The molecular weight excluding hydrogens is 1150 g/mol. The van der Waals surface area contributed by atoms with Crippen molar-refractivity contribution in [3.8, 4) is 5.75 Å². The number of carbonyl (C=O) groups is 11. The lowest BCUT2D eigenvalue weighted by atomic mass is 9.99. The van der Waals surface area contributed by atoms with Crippen molar-refractivity contribution in [3.05, 3.63) is 138 Å². The van der Waals surface area contributed by atoms with Gasteiger partial charge in [0.15, 0.2) is 6.61 Å². The fourth-order valence-electron chi connectivity index (χ4n) is 8.75. The Balaban J connectivity index is 1.26. The third-order valence-electron chi connectivity index (χ3n) is 13.1. The third kappa shape index (κ3) is 29.2. The first-order valence-corrected chi connectivity index (χ1v) is 29.5. The van der Waals surface area contributed by atoms with Crippen LogP contribution < -0.4 is 54.0 Å². The molecule has 89 heavy (non-hydrogen) atoms. The monoisotopic (exact) mass is 1230 g/mol. The number of alkyl carbamates (subject to hydrolysis) is 1. The van der Waals surface area contributed by atoms with Gasteiger partial charge in [0.25, 0.3) is 5.91 Å². The molecule has 0 heterocycles. The number of nitrogens with two attached hydrogens (primary N) is 2. The topological polar surface area (TPSA) is 384 Å². The van der Waals surface area contributed by atoms with E-state index in [9.17, 15) is 57.8 Å². The number of phenolic OH excluding ortho intramolecular Hbond substituents is 1. The third-order valence-corrected chi connectivity index (χ3v) is 13.1. The highest BCUT2D eigenvalue weighted by Crippen LogP contribution is 2.22. The van der Waals surface area contributed by atoms with Gasteiger partial charge >= 0.3 is 18.0 Å². The summed E-state index contributed by atoms with van der Waals surface area (Å²) in [5.74, 6) is -7.09. The van der Waals surface area contributed by atoms with Gasteiger partial charge < -0.3 is 73.3 Å². The highest BCUT2D eigenvalue weighted by molar-refractivity contribution is 5.95. The lowest BCUT2D eigenvalue weighted by Gasteiger charge is -2.25. The van der Waals surface area contributed by atoms with Crippen LogP contribution in [0.4, 0.5) is 4.79 Å². The second-order valence-corrected chi connectivity index (χ2v) is 23.1. The van der Waals surface area contributed by atoms with Crippen molar-refractivity contribution in [2.24, 2.45) is 11.5 Å². The van der Waals surface area contributed by atoms with Crippen LogP contribution >= 0.6 is 0 Å². The van der Waals surface area contributed by atoms with Crippen LogP contribution in [0.3, 0.4) is 0 Å². The number of rotatable bonds is 35. The maximum atomic E-state index is 14.0. The van der Waals surface area contributed by atoms with Crippen LogP contribution in [-0.2, 0) is 75.0 Å². The van der Waals surface area contributed by atoms with Crippen LogP contribution in [0.2, 0.25) is 0 Å². The van der Waals surface area contributed by atoms with Crippen molar-refractivity contribution in [2.75, 3.05) is 26.2 Å². The molecule has 9 amide bonds. The second kappa shape index (κ2) is 36.7. The lowest BCUT2D eigenvalue weighted by Crippen LogP contribution is -2.56. The highest BCUT2D eigenvalue weighted by atomic mass is 16.6. The van der Waals surface area contributed by atoms with Crippen LogP contribution in [0.1, 0.15) is 128 Å².